The van der Waals surface area contributed by atoms with Crippen molar-refractivity contribution >= 4 is 28.9 Å². The first-order valence-electron chi connectivity index (χ1n) is 2.01. The number of carbonyl (C=O) groups is 1. The van der Waals surface area contributed by atoms with Gasteiger partial charge in [-0.3, -0.25) is 0 Å². The van der Waals surface area contributed by atoms with Gasteiger partial charge in [0.2, 0.25) is 0 Å². The lowest BCUT2D eigenvalue weighted by molar-refractivity contribution is -0.107. The van der Waals surface area contributed by atoms with Crippen LogP contribution >= 0.6 is 22.6 Å². The van der Waals surface area contributed by atoms with Gasteiger partial charge in [-0.25, -0.2) is 0 Å². The summed E-state index contributed by atoms with van der Waals surface area (Å²) in [6, 6.07) is 0. The molecule has 0 aliphatic heterocycles. The predicted molar refractivity (Wildman–Crippen MR) is 38.7 cm³/mol. The Morgan fingerprint density at radius 1 is 1.86 bits per heavy atom. The third-order valence-corrected chi connectivity index (χ3v) is 1.34. The van der Waals surface area contributed by atoms with Gasteiger partial charge in [0.05, 0.1) is 3.92 Å². The van der Waals surface area contributed by atoms with E-state index in [1.54, 1.807) is 6.08 Å². The zero-order valence-electron chi connectivity index (χ0n) is 3.93. The van der Waals surface area contributed by atoms with Gasteiger partial charge in [0.15, 0.2) is 0 Å². The van der Waals surface area contributed by atoms with Crippen LogP contribution in [0.1, 0.15) is 6.42 Å². The number of hydrogen-bond donors (Lipinski definition) is 0. The molecule has 0 aliphatic rings. The summed E-state index contributed by atoms with van der Waals surface area (Å²) in [7, 11) is 0. The van der Waals surface area contributed by atoms with E-state index in [0.29, 0.717) is 0 Å². The first-order valence-corrected chi connectivity index (χ1v) is 3.26. The largest absolute Gasteiger partial charge is 0.302 e. The Morgan fingerprint density at radius 2 is 2.43 bits per heavy atom. The Balaban J connectivity index is 3.15. The van der Waals surface area contributed by atoms with Gasteiger partial charge in [0, 0.05) is 0 Å². The molecule has 0 aromatic carbocycles. The van der Waals surface area contributed by atoms with Gasteiger partial charge in [0.25, 0.3) is 0 Å². The smallest absolute Gasteiger partial charge is 0.133 e. The number of hydrogen-bond acceptors (Lipinski definition) is 1. The van der Waals surface area contributed by atoms with E-state index < -0.39 is 0 Å². The highest BCUT2D eigenvalue weighted by molar-refractivity contribution is 14.1. The van der Waals surface area contributed by atoms with Crippen molar-refractivity contribution in [1.29, 1.82) is 0 Å². The Bertz CT molecular complexity index is 70.5. The van der Waals surface area contributed by atoms with E-state index in [9.17, 15) is 4.79 Å². The van der Waals surface area contributed by atoms with Crippen molar-refractivity contribution in [3.63, 3.8) is 0 Å². The van der Waals surface area contributed by atoms with Crippen LogP contribution < -0.4 is 0 Å². The molecule has 2 heteroatoms. The van der Waals surface area contributed by atoms with Crippen LogP contribution in [0.4, 0.5) is 0 Å². The van der Waals surface area contributed by atoms with Gasteiger partial charge < -0.3 is 4.79 Å². The van der Waals surface area contributed by atoms with Crippen molar-refractivity contribution < 1.29 is 4.79 Å². The maximum Gasteiger partial charge on any atom is 0.133 e. The molecule has 7 heavy (non-hydrogen) atoms. The molecule has 0 fully saturated rings. The van der Waals surface area contributed by atoms with Crippen LogP contribution in [0.3, 0.4) is 0 Å². The maximum atomic E-state index is 9.84. The second kappa shape index (κ2) is 4.30. The van der Waals surface area contributed by atoms with Crippen LogP contribution in [0, 0.1) is 0 Å². The summed E-state index contributed by atoms with van der Waals surface area (Å²) < 4.78 is 0.120. The normalized spacial score (nSPS) is 12.7. The number of alkyl halides is 1. The van der Waals surface area contributed by atoms with Gasteiger partial charge >= 0.3 is 0 Å². The summed E-state index contributed by atoms with van der Waals surface area (Å²) in [6.07, 6.45) is 3.44. The predicted octanol–water partition coefficient (Wildman–Crippen LogP) is 1.56. The van der Waals surface area contributed by atoms with Crippen LogP contribution in [-0.4, -0.2) is 10.2 Å². The van der Waals surface area contributed by atoms with E-state index in [-0.39, 0.29) is 3.92 Å². The Hall–Kier alpha value is 0.140. The fourth-order valence-corrected chi connectivity index (χ4v) is 0.574. The van der Waals surface area contributed by atoms with Crippen molar-refractivity contribution in [2.45, 2.75) is 10.3 Å². The molecule has 40 valence electrons. The van der Waals surface area contributed by atoms with E-state index >= 15 is 0 Å². The minimum Gasteiger partial charge on any atom is -0.302 e. The number of allylic oxidation sites excluding steroid dienone is 1. The van der Waals surface area contributed by atoms with Crippen molar-refractivity contribution in [3.05, 3.63) is 12.7 Å². The molecular formula is C5H7IO. The SMILES string of the molecule is C=CCC(I)C=O. The molecule has 1 atom stereocenters. The highest BCUT2D eigenvalue weighted by atomic mass is 127. The second-order valence-electron chi connectivity index (χ2n) is 1.18. The highest BCUT2D eigenvalue weighted by Crippen LogP contribution is 2.00. The van der Waals surface area contributed by atoms with E-state index in [1.165, 1.54) is 0 Å². The molecule has 0 aromatic rings. The Kier molecular flexibility index (Phi) is 4.39. The topological polar surface area (TPSA) is 17.1 Å². The fourth-order valence-electron chi connectivity index (χ4n) is 0.215. The highest BCUT2D eigenvalue weighted by Gasteiger charge is 1.93. The summed E-state index contributed by atoms with van der Waals surface area (Å²) >= 11 is 2.07. The van der Waals surface area contributed by atoms with Crippen molar-refractivity contribution in [1.82, 2.24) is 0 Å². The third-order valence-electron chi connectivity index (χ3n) is 0.539. The van der Waals surface area contributed by atoms with Gasteiger partial charge in [-0.05, 0) is 6.42 Å². The average Bonchev–Trinajstić information content (AvgIpc) is 1.68. The molecule has 0 N–H and O–H groups in total. The molecule has 0 spiro atoms. The molecule has 1 unspecified atom stereocenters. The molecule has 0 rings (SSSR count). The lowest BCUT2D eigenvalue weighted by Gasteiger charge is -1.89. The van der Waals surface area contributed by atoms with Gasteiger partial charge in [-0.2, -0.15) is 0 Å². The quantitative estimate of drug-likeness (QED) is 0.299. The van der Waals surface area contributed by atoms with Gasteiger partial charge in [0.1, 0.15) is 6.29 Å². The zero-order chi connectivity index (χ0) is 5.70. The third kappa shape index (κ3) is 3.98. The molecule has 0 saturated carbocycles. The average molecular weight is 210 g/mol. The summed E-state index contributed by atoms with van der Waals surface area (Å²) in [5.41, 5.74) is 0. The van der Waals surface area contributed by atoms with Crippen LogP contribution in [0.5, 0.6) is 0 Å². The molecule has 0 aromatic heterocycles. The summed E-state index contributed by atoms with van der Waals surface area (Å²) in [4.78, 5) is 9.84. The van der Waals surface area contributed by atoms with E-state index in [0.717, 1.165) is 12.7 Å². The summed E-state index contributed by atoms with van der Waals surface area (Å²) in [6.45, 7) is 3.48. The van der Waals surface area contributed by atoms with Crippen LogP contribution in [0.2, 0.25) is 0 Å². The van der Waals surface area contributed by atoms with Crippen LogP contribution in [-0.2, 0) is 4.79 Å². The minimum atomic E-state index is 0.120. The van der Waals surface area contributed by atoms with Crippen molar-refractivity contribution in [2.75, 3.05) is 0 Å². The monoisotopic (exact) mass is 210 g/mol. The number of rotatable bonds is 3. The Labute approximate surface area is 56.9 Å². The van der Waals surface area contributed by atoms with Gasteiger partial charge in [-0.15, -0.1) is 6.58 Å². The lowest BCUT2D eigenvalue weighted by atomic mass is 10.3. The first kappa shape index (κ1) is 7.14. The second-order valence-corrected chi connectivity index (χ2v) is 2.78. The summed E-state index contributed by atoms with van der Waals surface area (Å²) in [5, 5.41) is 0. The van der Waals surface area contributed by atoms with Crippen LogP contribution in [0.15, 0.2) is 12.7 Å². The van der Waals surface area contributed by atoms with E-state index in [1.807, 2.05) is 0 Å². The minimum absolute atomic E-state index is 0.120. The standard InChI is InChI=1S/C5H7IO/c1-2-3-5(6)4-7/h2,4-5H,1,3H2. The fraction of sp³-hybridized carbons (Fsp3) is 0.400. The Morgan fingerprint density at radius 3 is 2.57 bits per heavy atom. The number of aldehydes is 1. The first-order chi connectivity index (χ1) is 3.31. The molecular weight excluding hydrogens is 203 g/mol. The zero-order valence-corrected chi connectivity index (χ0v) is 6.09. The van der Waals surface area contributed by atoms with E-state index in [4.69, 9.17) is 0 Å². The molecule has 0 bridgehead atoms. The molecule has 0 aliphatic carbocycles. The van der Waals surface area contributed by atoms with Crippen molar-refractivity contribution in [3.8, 4) is 0 Å². The molecule has 1 nitrogen and oxygen atoms in total. The van der Waals surface area contributed by atoms with Crippen LogP contribution in [0.25, 0.3) is 0 Å². The van der Waals surface area contributed by atoms with Crippen molar-refractivity contribution in [2.24, 2.45) is 0 Å². The molecule has 0 heterocycles. The molecule has 0 amide bonds. The molecule has 0 saturated heterocycles. The summed E-state index contributed by atoms with van der Waals surface area (Å²) in [5.74, 6) is 0. The number of carbonyl (C=O) groups excluding carboxylic acids is 1. The number of halogens is 1. The van der Waals surface area contributed by atoms with E-state index in [2.05, 4.69) is 29.2 Å². The van der Waals surface area contributed by atoms with Gasteiger partial charge in [-0.1, -0.05) is 28.7 Å². The lowest BCUT2D eigenvalue weighted by Crippen LogP contribution is -1.93. The molecule has 0 radical (unpaired) electrons. The maximum absolute atomic E-state index is 9.84.